The largest absolute Gasteiger partial charge is 1.00 e. The highest BCUT2D eigenvalue weighted by Crippen LogP contribution is 1.97. The van der Waals surface area contributed by atoms with Crippen LogP contribution in [0.4, 0.5) is 0 Å². The van der Waals surface area contributed by atoms with Crippen LogP contribution in [0.5, 0.6) is 0 Å². The molecule has 6 heteroatoms. The summed E-state index contributed by atoms with van der Waals surface area (Å²) in [6.45, 7) is 4.29. The van der Waals surface area contributed by atoms with Crippen LogP contribution in [0.15, 0.2) is 5.10 Å². The molecule has 88 valence electrons. The van der Waals surface area contributed by atoms with Crippen molar-refractivity contribution in [3.63, 3.8) is 0 Å². The molecular formula is C8H21Br2N3S. The molecule has 0 spiro atoms. The van der Waals surface area contributed by atoms with Crippen LogP contribution in [-0.4, -0.2) is 50.0 Å². The Hall–Kier alpha value is 0.900. The summed E-state index contributed by atoms with van der Waals surface area (Å²) in [4.78, 5) is 0. The highest BCUT2D eigenvalue weighted by atomic mass is 79.9. The maximum Gasteiger partial charge on any atom is 0.116 e. The van der Waals surface area contributed by atoms with Gasteiger partial charge in [0, 0.05) is 5.75 Å². The molecule has 0 fully saturated rings. The fourth-order valence-electron chi connectivity index (χ4n) is 0.571. The first-order valence-corrected chi connectivity index (χ1v) is 5.36. The Balaban J connectivity index is -0.000000605. The molecule has 0 saturated carbocycles. The van der Waals surface area contributed by atoms with Crippen molar-refractivity contribution in [2.45, 2.75) is 6.92 Å². The number of rotatable bonds is 6. The highest BCUT2D eigenvalue weighted by molar-refractivity contribution is 8.12. The summed E-state index contributed by atoms with van der Waals surface area (Å²) in [5.41, 5.74) is 3.86. The molecule has 0 amide bonds. The molecule has 0 unspecified atom stereocenters. The van der Waals surface area contributed by atoms with Crippen LogP contribution in [0.25, 0.3) is 0 Å². The summed E-state index contributed by atoms with van der Waals surface area (Å²) in [6.07, 6.45) is 0. The van der Waals surface area contributed by atoms with Gasteiger partial charge in [0.05, 0.1) is 34.2 Å². The lowest BCUT2D eigenvalue weighted by molar-refractivity contribution is -0.867. The molecule has 0 aliphatic carbocycles. The monoisotopic (exact) mass is 349 g/mol. The quantitative estimate of drug-likeness (QED) is 0.127. The summed E-state index contributed by atoms with van der Waals surface area (Å²) in [5, 5.41) is 4.12. The normalized spacial score (nSPS) is 10.9. The van der Waals surface area contributed by atoms with E-state index in [9.17, 15) is 0 Å². The van der Waals surface area contributed by atoms with E-state index in [0.29, 0.717) is 0 Å². The highest BCUT2D eigenvalue weighted by Gasteiger charge is 2.04. The van der Waals surface area contributed by atoms with Crippen LogP contribution in [0.2, 0.25) is 0 Å². The molecule has 0 radical (unpaired) electrons. The number of halogens is 2. The van der Waals surface area contributed by atoms with Gasteiger partial charge in [-0.25, -0.2) is 5.43 Å². The zero-order chi connectivity index (χ0) is 9.45. The summed E-state index contributed by atoms with van der Waals surface area (Å²) in [6, 6.07) is 0. The van der Waals surface area contributed by atoms with Gasteiger partial charge in [0.25, 0.3) is 0 Å². The molecule has 0 aromatic carbocycles. The lowest BCUT2D eigenvalue weighted by atomic mass is 10.6. The fraction of sp³-hybridized carbons (Fsp3) is 0.875. The lowest BCUT2D eigenvalue weighted by Gasteiger charge is -2.22. The number of nitrogens with two attached hydrogens (primary N) is 1. The van der Waals surface area contributed by atoms with E-state index in [0.717, 1.165) is 16.8 Å². The molecule has 0 rings (SSSR count). The fourth-order valence-corrected chi connectivity index (χ4v) is 1.50. The van der Waals surface area contributed by atoms with Crippen LogP contribution in [0.1, 0.15) is 6.92 Å². The Labute approximate surface area is 113 Å². The van der Waals surface area contributed by atoms with Crippen molar-refractivity contribution in [2.24, 2.45) is 5.10 Å². The van der Waals surface area contributed by atoms with Crippen LogP contribution < -0.4 is 39.4 Å². The van der Waals surface area contributed by atoms with E-state index in [1.54, 1.807) is 11.8 Å². The first-order chi connectivity index (χ1) is 5.56. The van der Waals surface area contributed by atoms with Crippen molar-refractivity contribution in [1.29, 1.82) is 0 Å². The third-order valence-electron chi connectivity index (χ3n) is 1.30. The van der Waals surface area contributed by atoms with Crippen molar-refractivity contribution in [3.05, 3.63) is 0 Å². The number of hydrogen-bond acceptors (Lipinski definition) is 2. The predicted molar refractivity (Wildman–Crippen MR) is 56.3 cm³/mol. The topological polar surface area (TPSA) is 29.0 Å². The molecular weight excluding hydrogens is 330 g/mol. The molecule has 0 atom stereocenters. The molecule has 2 N–H and O–H groups in total. The van der Waals surface area contributed by atoms with E-state index in [4.69, 9.17) is 0 Å². The molecule has 14 heavy (non-hydrogen) atoms. The average Bonchev–Trinajstić information content (AvgIpc) is 1.94. The van der Waals surface area contributed by atoms with E-state index >= 15 is 0 Å². The summed E-state index contributed by atoms with van der Waals surface area (Å²) < 4.78 is 1.03. The van der Waals surface area contributed by atoms with E-state index in [1.165, 1.54) is 6.54 Å². The van der Waals surface area contributed by atoms with Gasteiger partial charge in [-0.15, -0.1) is 11.8 Å². The molecule has 0 aliphatic rings. The van der Waals surface area contributed by atoms with Crippen molar-refractivity contribution in [3.8, 4) is 0 Å². The van der Waals surface area contributed by atoms with Crippen molar-refractivity contribution in [1.82, 2.24) is 0 Å². The second-order valence-electron chi connectivity index (χ2n) is 3.73. The van der Waals surface area contributed by atoms with Crippen LogP contribution in [0.3, 0.4) is 0 Å². The van der Waals surface area contributed by atoms with Crippen molar-refractivity contribution >= 4 is 17.3 Å². The van der Waals surface area contributed by atoms with Gasteiger partial charge in [0.2, 0.25) is 0 Å². The molecule has 0 aromatic rings. The van der Waals surface area contributed by atoms with Crippen molar-refractivity contribution < 1.29 is 43.9 Å². The first kappa shape index (κ1) is 20.3. The molecule has 0 aliphatic heterocycles. The Morgan fingerprint density at radius 2 is 1.86 bits per heavy atom. The van der Waals surface area contributed by atoms with Crippen LogP contribution in [0, 0.1) is 0 Å². The zero-order valence-electron chi connectivity index (χ0n) is 9.33. The van der Waals surface area contributed by atoms with Gasteiger partial charge in [0.15, 0.2) is 0 Å². The van der Waals surface area contributed by atoms with Gasteiger partial charge in [-0.3, -0.25) is 0 Å². The third-order valence-corrected chi connectivity index (χ3v) is 1.99. The summed E-state index contributed by atoms with van der Waals surface area (Å²) in [7, 11) is 6.61. The molecule has 0 heterocycles. The Kier molecular flexibility index (Phi) is 17.4. The van der Waals surface area contributed by atoms with E-state index in [-0.39, 0.29) is 34.0 Å². The molecule has 0 aromatic heterocycles. The van der Waals surface area contributed by atoms with Crippen LogP contribution in [-0.2, 0) is 0 Å². The molecule has 0 bridgehead atoms. The lowest BCUT2D eigenvalue weighted by Crippen LogP contribution is -3.00. The zero-order valence-corrected chi connectivity index (χ0v) is 13.3. The second kappa shape index (κ2) is 12.0. The maximum absolute atomic E-state index is 4.12. The SMILES string of the molecule is CC[NH2+]/N=C/SCC[N+](C)(C)C.[Br-].[Br-]. The number of thioether (sulfide) groups is 1. The van der Waals surface area contributed by atoms with E-state index < -0.39 is 0 Å². The van der Waals surface area contributed by atoms with Gasteiger partial charge in [-0.1, -0.05) is 5.10 Å². The van der Waals surface area contributed by atoms with Gasteiger partial charge in [-0.05, 0) is 6.92 Å². The standard InChI is InChI=1S/C8H20N3S.2BrH/c1-5-9-10-8-12-7-6-11(2,3)4;;/h8-9H,5-7H2,1-4H3;2*1H/q+1;;/p-1/b10-8+;;. The Morgan fingerprint density at radius 3 is 2.29 bits per heavy atom. The second-order valence-corrected chi connectivity index (χ2v) is 4.68. The summed E-state index contributed by atoms with van der Waals surface area (Å²) >= 11 is 1.78. The van der Waals surface area contributed by atoms with Crippen LogP contribution >= 0.6 is 11.8 Å². The van der Waals surface area contributed by atoms with Gasteiger partial charge >= 0.3 is 0 Å². The number of quaternary nitrogens is 2. The van der Waals surface area contributed by atoms with Gasteiger partial charge in [-0.2, -0.15) is 0 Å². The smallest absolute Gasteiger partial charge is 0.116 e. The Bertz CT molecular complexity index is 137. The summed E-state index contributed by atoms with van der Waals surface area (Å²) in [5.74, 6) is 1.14. The molecule has 0 saturated heterocycles. The minimum Gasteiger partial charge on any atom is -1.00 e. The third kappa shape index (κ3) is 18.6. The van der Waals surface area contributed by atoms with E-state index in [2.05, 4.69) is 33.2 Å². The maximum atomic E-state index is 4.12. The van der Waals surface area contributed by atoms with E-state index in [1.807, 2.05) is 11.0 Å². The van der Waals surface area contributed by atoms with Gasteiger partial charge in [0.1, 0.15) is 5.55 Å². The number of nitrogens with zero attached hydrogens (tertiary/aromatic N) is 2. The minimum absolute atomic E-state index is 0. The molecule has 3 nitrogen and oxygen atoms in total. The average molecular weight is 351 g/mol. The predicted octanol–water partition coefficient (Wildman–Crippen LogP) is -6.04. The first-order valence-electron chi connectivity index (χ1n) is 4.31. The van der Waals surface area contributed by atoms with Crippen molar-refractivity contribution in [2.75, 3.05) is 40.0 Å². The van der Waals surface area contributed by atoms with Gasteiger partial charge < -0.3 is 38.4 Å². The minimum atomic E-state index is 0. The number of hydrogen-bond donors (Lipinski definition) is 1. The Morgan fingerprint density at radius 1 is 1.29 bits per heavy atom.